The van der Waals surface area contributed by atoms with Crippen LogP contribution in [-0.4, -0.2) is 18.5 Å². The van der Waals surface area contributed by atoms with E-state index in [1.807, 2.05) is 43.3 Å². The molecule has 0 bridgehead atoms. The summed E-state index contributed by atoms with van der Waals surface area (Å²) in [6.45, 7) is 1.57. The van der Waals surface area contributed by atoms with Crippen LogP contribution in [0.4, 0.5) is 5.69 Å². The van der Waals surface area contributed by atoms with Crippen molar-refractivity contribution in [2.24, 2.45) is 0 Å². The summed E-state index contributed by atoms with van der Waals surface area (Å²) in [6.07, 6.45) is 0.138. The highest BCUT2D eigenvalue weighted by molar-refractivity contribution is 6.33. The van der Waals surface area contributed by atoms with Gasteiger partial charge in [-0.05, 0) is 30.2 Å². The molecule has 2 rings (SSSR count). The van der Waals surface area contributed by atoms with Crippen LogP contribution >= 0.6 is 11.6 Å². The Morgan fingerprint density at radius 3 is 2.55 bits per heavy atom. The molecular formula is C17H16ClNO3. The van der Waals surface area contributed by atoms with Crippen molar-refractivity contribution in [1.29, 1.82) is 0 Å². The van der Waals surface area contributed by atoms with Gasteiger partial charge in [0.1, 0.15) is 0 Å². The number of carbonyl (C=O) groups is 2. The van der Waals surface area contributed by atoms with Gasteiger partial charge in [-0.2, -0.15) is 0 Å². The monoisotopic (exact) mass is 317 g/mol. The Morgan fingerprint density at radius 2 is 1.86 bits per heavy atom. The number of amides is 1. The molecule has 0 saturated heterocycles. The van der Waals surface area contributed by atoms with E-state index in [9.17, 15) is 9.59 Å². The fourth-order valence-corrected chi connectivity index (χ4v) is 2.15. The summed E-state index contributed by atoms with van der Waals surface area (Å²) in [7, 11) is 0. The van der Waals surface area contributed by atoms with Gasteiger partial charge >= 0.3 is 5.97 Å². The van der Waals surface area contributed by atoms with Gasteiger partial charge < -0.3 is 10.1 Å². The third-order valence-electron chi connectivity index (χ3n) is 2.95. The van der Waals surface area contributed by atoms with Crippen molar-refractivity contribution < 1.29 is 14.3 Å². The molecule has 0 aliphatic carbocycles. The average molecular weight is 318 g/mol. The van der Waals surface area contributed by atoms with Crippen LogP contribution in [0.1, 0.15) is 11.1 Å². The fourth-order valence-electron chi connectivity index (χ4n) is 1.87. The topological polar surface area (TPSA) is 55.4 Å². The minimum atomic E-state index is -0.448. The van der Waals surface area contributed by atoms with E-state index in [1.165, 1.54) is 0 Å². The van der Waals surface area contributed by atoms with Crippen LogP contribution < -0.4 is 5.32 Å². The zero-order valence-electron chi connectivity index (χ0n) is 12.1. The predicted molar refractivity (Wildman–Crippen MR) is 85.9 cm³/mol. The van der Waals surface area contributed by atoms with E-state index in [2.05, 4.69) is 5.32 Å². The lowest BCUT2D eigenvalue weighted by atomic mass is 10.2. The summed E-state index contributed by atoms with van der Waals surface area (Å²) in [5.41, 5.74) is 2.34. The molecule has 0 spiro atoms. The number of benzene rings is 2. The number of esters is 1. The molecule has 0 saturated carbocycles. The molecule has 1 N–H and O–H groups in total. The Bertz CT molecular complexity index is 671. The van der Waals surface area contributed by atoms with Crippen molar-refractivity contribution in [1.82, 2.24) is 0 Å². The molecule has 0 aromatic heterocycles. The first-order chi connectivity index (χ1) is 10.5. The molecule has 4 nitrogen and oxygen atoms in total. The van der Waals surface area contributed by atoms with Gasteiger partial charge in [-0.3, -0.25) is 9.59 Å². The lowest BCUT2D eigenvalue weighted by molar-refractivity contribution is -0.146. The highest BCUT2D eigenvalue weighted by Gasteiger charge is 2.10. The summed E-state index contributed by atoms with van der Waals surface area (Å²) in [6, 6.07) is 14.5. The van der Waals surface area contributed by atoms with Crippen LogP contribution in [0.15, 0.2) is 48.5 Å². The molecule has 0 heterocycles. The molecule has 0 unspecified atom stereocenters. The Hall–Kier alpha value is -2.33. The molecule has 22 heavy (non-hydrogen) atoms. The van der Waals surface area contributed by atoms with Gasteiger partial charge in [-0.15, -0.1) is 0 Å². The number of aryl methyl sites for hydroxylation is 1. The van der Waals surface area contributed by atoms with Crippen molar-refractivity contribution >= 4 is 29.2 Å². The number of anilines is 1. The summed E-state index contributed by atoms with van der Waals surface area (Å²) >= 11 is 6.02. The van der Waals surface area contributed by atoms with E-state index in [1.54, 1.807) is 12.1 Å². The first-order valence-corrected chi connectivity index (χ1v) is 7.18. The van der Waals surface area contributed by atoms with Gasteiger partial charge in [-0.25, -0.2) is 0 Å². The first kappa shape index (κ1) is 16.0. The number of rotatable bonds is 5. The van der Waals surface area contributed by atoms with Crippen molar-refractivity contribution in [2.45, 2.75) is 13.3 Å². The third kappa shape index (κ3) is 4.90. The normalized spacial score (nSPS) is 10.1. The van der Waals surface area contributed by atoms with Gasteiger partial charge in [0.15, 0.2) is 6.61 Å². The molecule has 0 aliphatic rings. The molecule has 2 aromatic rings. The van der Waals surface area contributed by atoms with Crippen LogP contribution in [0.3, 0.4) is 0 Å². The lowest BCUT2D eigenvalue weighted by Crippen LogP contribution is -2.21. The predicted octanol–water partition coefficient (Wildman–Crippen LogP) is 3.37. The Morgan fingerprint density at radius 1 is 1.14 bits per heavy atom. The molecule has 0 aliphatic heterocycles. The Balaban J connectivity index is 1.81. The SMILES string of the molecule is Cc1ccc(NC(=O)COC(=O)Cc2ccccc2)c(Cl)c1. The molecule has 2 aromatic carbocycles. The number of hydrogen-bond acceptors (Lipinski definition) is 3. The summed E-state index contributed by atoms with van der Waals surface area (Å²) < 4.78 is 4.95. The number of carbonyl (C=O) groups excluding carboxylic acids is 2. The van der Waals surface area contributed by atoms with E-state index >= 15 is 0 Å². The second kappa shape index (κ2) is 7.61. The fraction of sp³-hybridized carbons (Fsp3) is 0.176. The maximum Gasteiger partial charge on any atom is 0.310 e. The quantitative estimate of drug-likeness (QED) is 0.860. The highest BCUT2D eigenvalue weighted by atomic mass is 35.5. The Kier molecular flexibility index (Phi) is 5.55. The highest BCUT2D eigenvalue weighted by Crippen LogP contribution is 2.22. The Labute approximate surface area is 134 Å². The van der Waals surface area contributed by atoms with E-state index in [4.69, 9.17) is 16.3 Å². The molecule has 0 atom stereocenters. The van der Waals surface area contributed by atoms with Gasteiger partial charge in [-0.1, -0.05) is 48.0 Å². The first-order valence-electron chi connectivity index (χ1n) is 6.80. The molecule has 114 valence electrons. The van der Waals surface area contributed by atoms with E-state index in [0.29, 0.717) is 10.7 Å². The number of ether oxygens (including phenoxy) is 1. The van der Waals surface area contributed by atoms with E-state index in [-0.39, 0.29) is 13.0 Å². The van der Waals surface area contributed by atoms with Crippen LogP contribution in [-0.2, 0) is 20.7 Å². The molecule has 0 radical (unpaired) electrons. The van der Waals surface area contributed by atoms with Gasteiger partial charge in [0.05, 0.1) is 17.1 Å². The summed E-state index contributed by atoms with van der Waals surface area (Å²) in [4.78, 5) is 23.4. The zero-order chi connectivity index (χ0) is 15.9. The lowest BCUT2D eigenvalue weighted by Gasteiger charge is -2.08. The molecule has 1 amide bonds. The number of nitrogens with one attached hydrogen (secondary N) is 1. The van der Waals surface area contributed by atoms with Crippen LogP contribution in [0.2, 0.25) is 5.02 Å². The van der Waals surface area contributed by atoms with Crippen molar-refractivity contribution in [2.75, 3.05) is 11.9 Å². The second-order valence-corrected chi connectivity index (χ2v) is 5.26. The van der Waals surface area contributed by atoms with Gasteiger partial charge in [0.25, 0.3) is 5.91 Å². The standard InChI is InChI=1S/C17H16ClNO3/c1-12-7-8-15(14(18)9-12)19-16(20)11-22-17(21)10-13-5-3-2-4-6-13/h2-9H,10-11H2,1H3,(H,19,20). The van der Waals surface area contributed by atoms with E-state index < -0.39 is 11.9 Å². The zero-order valence-corrected chi connectivity index (χ0v) is 12.9. The maximum absolute atomic E-state index is 11.8. The largest absolute Gasteiger partial charge is 0.455 e. The second-order valence-electron chi connectivity index (χ2n) is 4.85. The van der Waals surface area contributed by atoms with Crippen molar-refractivity contribution in [3.63, 3.8) is 0 Å². The number of halogens is 1. The average Bonchev–Trinajstić information content (AvgIpc) is 2.49. The molecule has 5 heteroatoms. The number of hydrogen-bond donors (Lipinski definition) is 1. The molecular weight excluding hydrogens is 302 g/mol. The third-order valence-corrected chi connectivity index (χ3v) is 3.27. The van der Waals surface area contributed by atoms with Crippen LogP contribution in [0.25, 0.3) is 0 Å². The van der Waals surface area contributed by atoms with Gasteiger partial charge in [0.2, 0.25) is 0 Å². The summed E-state index contributed by atoms with van der Waals surface area (Å²) in [5, 5.41) is 3.06. The smallest absolute Gasteiger partial charge is 0.310 e. The minimum Gasteiger partial charge on any atom is -0.455 e. The summed E-state index contributed by atoms with van der Waals surface area (Å²) in [5.74, 6) is -0.872. The maximum atomic E-state index is 11.8. The van der Waals surface area contributed by atoms with Crippen LogP contribution in [0.5, 0.6) is 0 Å². The minimum absolute atomic E-state index is 0.138. The van der Waals surface area contributed by atoms with Crippen molar-refractivity contribution in [3.05, 3.63) is 64.7 Å². The van der Waals surface area contributed by atoms with E-state index in [0.717, 1.165) is 11.1 Å². The van der Waals surface area contributed by atoms with Gasteiger partial charge in [0, 0.05) is 0 Å². The molecule has 0 fully saturated rings. The van der Waals surface area contributed by atoms with Crippen LogP contribution in [0, 0.1) is 6.92 Å². The van der Waals surface area contributed by atoms with Crippen molar-refractivity contribution in [3.8, 4) is 0 Å².